The van der Waals surface area contributed by atoms with Crippen LogP contribution in [-0.4, -0.2) is 15.1 Å². The van der Waals surface area contributed by atoms with Crippen LogP contribution in [0, 0.1) is 0 Å². The van der Waals surface area contributed by atoms with E-state index in [0.717, 1.165) is 0 Å². The van der Waals surface area contributed by atoms with Crippen molar-refractivity contribution in [2.75, 3.05) is 5.73 Å². The van der Waals surface area contributed by atoms with Gasteiger partial charge in [0.25, 0.3) is 5.89 Å². The summed E-state index contributed by atoms with van der Waals surface area (Å²) in [6.45, 7) is 0. The Hall–Kier alpha value is -2.11. The first-order valence-corrected chi connectivity index (χ1v) is 6.39. The second kappa shape index (κ2) is 5.11. The molecular formula is C13H8Cl2N4O. The molecule has 0 aliphatic carbocycles. The van der Waals surface area contributed by atoms with E-state index in [1.807, 2.05) is 0 Å². The van der Waals surface area contributed by atoms with Gasteiger partial charge in [0.1, 0.15) is 5.82 Å². The molecule has 0 fully saturated rings. The smallest absolute Gasteiger partial charge is 0.258 e. The fourth-order valence-electron chi connectivity index (χ4n) is 1.72. The Morgan fingerprint density at radius 1 is 1.00 bits per heavy atom. The quantitative estimate of drug-likeness (QED) is 0.781. The number of rotatable bonds is 2. The van der Waals surface area contributed by atoms with Crippen molar-refractivity contribution in [1.29, 1.82) is 0 Å². The van der Waals surface area contributed by atoms with E-state index in [-0.39, 0.29) is 0 Å². The minimum Gasteiger partial charge on any atom is -0.384 e. The Bertz CT molecular complexity index is 752. The van der Waals surface area contributed by atoms with Crippen molar-refractivity contribution in [3.8, 4) is 22.8 Å². The lowest BCUT2D eigenvalue weighted by Crippen LogP contribution is -1.89. The molecule has 0 saturated carbocycles. The molecule has 0 radical (unpaired) electrons. The summed E-state index contributed by atoms with van der Waals surface area (Å²) in [5.74, 6) is 1.14. The number of nitrogen functional groups attached to an aromatic ring is 1. The molecule has 0 aliphatic rings. The molecular weight excluding hydrogens is 299 g/mol. The van der Waals surface area contributed by atoms with Crippen molar-refractivity contribution in [3.05, 3.63) is 46.6 Å². The van der Waals surface area contributed by atoms with Crippen LogP contribution >= 0.6 is 23.2 Å². The Kier molecular flexibility index (Phi) is 3.30. The maximum absolute atomic E-state index is 5.95. The molecule has 20 heavy (non-hydrogen) atoms. The zero-order valence-electron chi connectivity index (χ0n) is 10.0. The van der Waals surface area contributed by atoms with E-state index in [9.17, 15) is 0 Å². The first-order chi connectivity index (χ1) is 9.61. The highest BCUT2D eigenvalue weighted by Crippen LogP contribution is 2.27. The Labute approximate surface area is 124 Å². The van der Waals surface area contributed by atoms with Crippen molar-refractivity contribution in [2.45, 2.75) is 0 Å². The summed E-state index contributed by atoms with van der Waals surface area (Å²) in [6.07, 6.45) is 1.57. The van der Waals surface area contributed by atoms with Crippen molar-refractivity contribution in [2.24, 2.45) is 0 Å². The van der Waals surface area contributed by atoms with Crippen molar-refractivity contribution in [3.63, 3.8) is 0 Å². The third-order valence-electron chi connectivity index (χ3n) is 2.57. The maximum Gasteiger partial charge on any atom is 0.258 e. The molecule has 3 rings (SSSR count). The summed E-state index contributed by atoms with van der Waals surface area (Å²) < 4.78 is 5.21. The van der Waals surface area contributed by atoms with Crippen LogP contribution in [-0.2, 0) is 0 Å². The molecule has 0 amide bonds. The lowest BCUT2D eigenvalue weighted by Gasteiger charge is -1.97. The van der Waals surface area contributed by atoms with E-state index >= 15 is 0 Å². The Morgan fingerprint density at radius 3 is 2.45 bits per heavy atom. The van der Waals surface area contributed by atoms with E-state index in [1.165, 1.54) is 0 Å². The van der Waals surface area contributed by atoms with Gasteiger partial charge >= 0.3 is 0 Å². The van der Waals surface area contributed by atoms with Crippen LogP contribution in [0.2, 0.25) is 10.0 Å². The second-order valence-corrected chi connectivity index (χ2v) is 4.92. The summed E-state index contributed by atoms with van der Waals surface area (Å²) in [5.41, 5.74) is 7.00. The third kappa shape index (κ3) is 2.59. The topological polar surface area (TPSA) is 77.8 Å². The van der Waals surface area contributed by atoms with Crippen molar-refractivity contribution < 1.29 is 4.52 Å². The molecule has 5 nitrogen and oxygen atoms in total. The molecule has 3 aromatic rings. The predicted octanol–water partition coefficient (Wildman–Crippen LogP) is 3.69. The monoisotopic (exact) mass is 306 g/mol. The molecule has 1 aromatic carbocycles. The highest BCUT2D eigenvalue weighted by Gasteiger charge is 2.12. The molecule has 2 N–H and O–H groups in total. The summed E-state index contributed by atoms with van der Waals surface area (Å²) in [7, 11) is 0. The van der Waals surface area contributed by atoms with Gasteiger partial charge in [-0.05, 0) is 30.3 Å². The van der Waals surface area contributed by atoms with E-state index in [0.29, 0.717) is 38.7 Å². The van der Waals surface area contributed by atoms with Crippen LogP contribution in [0.5, 0.6) is 0 Å². The summed E-state index contributed by atoms with van der Waals surface area (Å²) in [4.78, 5) is 8.20. The molecule has 0 bridgehead atoms. The molecule has 0 saturated heterocycles. The van der Waals surface area contributed by atoms with Gasteiger partial charge < -0.3 is 10.3 Å². The van der Waals surface area contributed by atoms with E-state index < -0.39 is 0 Å². The molecule has 0 aliphatic heterocycles. The van der Waals surface area contributed by atoms with Crippen LogP contribution in [0.1, 0.15) is 0 Å². The first kappa shape index (κ1) is 12.9. The number of nitrogens with two attached hydrogens (primary N) is 1. The minimum absolute atomic E-state index is 0.352. The van der Waals surface area contributed by atoms with Crippen LogP contribution in [0.4, 0.5) is 5.82 Å². The summed E-state index contributed by atoms with van der Waals surface area (Å²) in [5, 5.41) is 4.92. The van der Waals surface area contributed by atoms with Crippen LogP contribution in [0.3, 0.4) is 0 Å². The number of anilines is 1. The lowest BCUT2D eigenvalue weighted by molar-refractivity contribution is 0.432. The van der Waals surface area contributed by atoms with Crippen LogP contribution in [0.15, 0.2) is 41.1 Å². The first-order valence-electron chi connectivity index (χ1n) is 5.64. The van der Waals surface area contributed by atoms with Gasteiger partial charge in [-0.25, -0.2) is 4.98 Å². The van der Waals surface area contributed by atoms with Gasteiger partial charge in [-0.15, -0.1) is 0 Å². The van der Waals surface area contributed by atoms with Crippen molar-refractivity contribution in [1.82, 2.24) is 15.1 Å². The van der Waals surface area contributed by atoms with Gasteiger partial charge in [0.05, 0.1) is 0 Å². The molecule has 2 heterocycles. The number of benzene rings is 1. The number of aromatic nitrogens is 3. The number of hydrogen-bond donors (Lipinski definition) is 1. The average molecular weight is 307 g/mol. The number of hydrogen-bond acceptors (Lipinski definition) is 5. The third-order valence-corrected chi connectivity index (χ3v) is 3.01. The molecule has 0 unspecified atom stereocenters. The van der Waals surface area contributed by atoms with Gasteiger partial charge in [-0.1, -0.05) is 28.4 Å². The highest BCUT2D eigenvalue weighted by molar-refractivity contribution is 6.35. The molecule has 100 valence electrons. The zero-order valence-corrected chi connectivity index (χ0v) is 11.6. The Morgan fingerprint density at radius 2 is 1.75 bits per heavy atom. The average Bonchev–Trinajstić information content (AvgIpc) is 2.87. The van der Waals surface area contributed by atoms with Gasteiger partial charge in [-0.2, -0.15) is 4.98 Å². The standard InChI is InChI=1S/C13H8Cl2N4O/c14-9-3-8(4-10(15)6-9)12-18-13(20-19-12)7-1-2-17-11(16)5-7/h1-6H,(H2,16,17). The van der Waals surface area contributed by atoms with Gasteiger partial charge in [0, 0.05) is 27.4 Å². The van der Waals surface area contributed by atoms with Gasteiger partial charge in [-0.3, -0.25) is 0 Å². The summed E-state index contributed by atoms with van der Waals surface area (Å²) >= 11 is 11.9. The zero-order chi connectivity index (χ0) is 14.1. The van der Waals surface area contributed by atoms with Crippen LogP contribution in [0.25, 0.3) is 22.8 Å². The largest absolute Gasteiger partial charge is 0.384 e. The SMILES string of the molecule is Nc1cc(-c2nc(-c3cc(Cl)cc(Cl)c3)no2)ccn1. The van der Waals surface area contributed by atoms with Crippen LogP contribution < -0.4 is 5.73 Å². The number of nitrogens with zero attached hydrogens (tertiary/aromatic N) is 3. The summed E-state index contributed by atoms with van der Waals surface area (Å²) in [6, 6.07) is 8.45. The lowest BCUT2D eigenvalue weighted by atomic mass is 10.2. The van der Waals surface area contributed by atoms with Crippen molar-refractivity contribution >= 4 is 29.0 Å². The molecule has 0 spiro atoms. The maximum atomic E-state index is 5.95. The molecule has 7 heteroatoms. The van der Waals surface area contributed by atoms with Gasteiger partial charge in [0.2, 0.25) is 5.82 Å². The van der Waals surface area contributed by atoms with E-state index in [1.54, 1.807) is 36.5 Å². The van der Waals surface area contributed by atoms with E-state index in [4.69, 9.17) is 33.5 Å². The second-order valence-electron chi connectivity index (χ2n) is 4.05. The normalized spacial score (nSPS) is 10.7. The number of halogens is 2. The van der Waals surface area contributed by atoms with Gasteiger partial charge in [0.15, 0.2) is 0 Å². The minimum atomic E-state index is 0.352. The fourth-order valence-corrected chi connectivity index (χ4v) is 2.25. The van der Waals surface area contributed by atoms with E-state index in [2.05, 4.69) is 15.1 Å². The predicted molar refractivity (Wildman–Crippen MR) is 77.4 cm³/mol. The fraction of sp³-hybridized carbons (Fsp3) is 0. The highest BCUT2D eigenvalue weighted by atomic mass is 35.5. The molecule has 0 atom stereocenters. The Balaban J connectivity index is 2.02. The number of pyridine rings is 1. The molecule has 2 aromatic heterocycles.